The predicted octanol–water partition coefficient (Wildman–Crippen LogP) is 0.193. The molecule has 1 amide bonds. The van der Waals surface area contributed by atoms with Crippen LogP contribution in [0.25, 0.3) is 5.65 Å². The SMILES string of the molecule is C[C@@H](CN)NC(=O)c1cnc2ccccn2c1=O.Cl. The standard InChI is InChI=1S/C12H14N4O2.ClH/c1-8(6-13)15-11(17)9-7-14-10-4-2-3-5-16(10)12(9)18;/h2-5,7-8H,6,13H2,1H3,(H,15,17);1H/t8-;/m0./s1. The fourth-order valence-electron chi connectivity index (χ4n) is 1.54. The van der Waals surface area contributed by atoms with Gasteiger partial charge >= 0.3 is 0 Å². The van der Waals surface area contributed by atoms with Gasteiger partial charge in [0, 0.05) is 25.0 Å². The monoisotopic (exact) mass is 282 g/mol. The molecule has 2 rings (SSSR count). The Bertz CT molecular complexity index is 641. The molecule has 1 atom stereocenters. The Morgan fingerprint density at radius 2 is 2.26 bits per heavy atom. The van der Waals surface area contributed by atoms with Crippen molar-refractivity contribution < 1.29 is 4.79 Å². The van der Waals surface area contributed by atoms with Crippen LogP contribution in [-0.4, -0.2) is 27.9 Å². The van der Waals surface area contributed by atoms with Crippen LogP contribution in [0.1, 0.15) is 17.3 Å². The highest BCUT2D eigenvalue weighted by Crippen LogP contribution is 1.97. The lowest BCUT2D eigenvalue weighted by Crippen LogP contribution is -2.40. The van der Waals surface area contributed by atoms with Crippen LogP contribution in [0.2, 0.25) is 0 Å². The highest BCUT2D eigenvalue weighted by Gasteiger charge is 2.14. The van der Waals surface area contributed by atoms with Gasteiger partial charge in [0.25, 0.3) is 11.5 Å². The van der Waals surface area contributed by atoms with E-state index in [0.717, 1.165) is 0 Å². The first kappa shape index (κ1) is 15.1. The van der Waals surface area contributed by atoms with Crippen molar-refractivity contribution in [2.75, 3.05) is 6.54 Å². The van der Waals surface area contributed by atoms with Gasteiger partial charge in [-0.15, -0.1) is 12.4 Å². The van der Waals surface area contributed by atoms with Gasteiger partial charge in [-0.05, 0) is 19.1 Å². The maximum Gasteiger partial charge on any atom is 0.270 e. The number of nitrogens with zero attached hydrogens (tertiary/aromatic N) is 2. The molecule has 0 spiro atoms. The van der Waals surface area contributed by atoms with Crippen molar-refractivity contribution in [2.45, 2.75) is 13.0 Å². The number of nitrogens with one attached hydrogen (secondary N) is 1. The minimum atomic E-state index is -0.455. The second-order valence-electron chi connectivity index (χ2n) is 4.02. The summed E-state index contributed by atoms with van der Waals surface area (Å²) in [7, 11) is 0. The van der Waals surface area contributed by atoms with E-state index in [1.54, 1.807) is 31.3 Å². The number of aromatic nitrogens is 2. The van der Waals surface area contributed by atoms with Crippen molar-refractivity contribution in [3.8, 4) is 0 Å². The molecule has 2 aromatic rings. The summed E-state index contributed by atoms with van der Waals surface area (Å²) in [5.41, 5.74) is 5.55. The van der Waals surface area contributed by atoms with E-state index in [1.165, 1.54) is 10.6 Å². The average molecular weight is 283 g/mol. The number of amides is 1. The first-order valence-corrected chi connectivity index (χ1v) is 5.61. The molecule has 102 valence electrons. The van der Waals surface area contributed by atoms with Crippen LogP contribution in [0.15, 0.2) is 35.4 Å². The second-order valence-corrected chi connectivity index (χ2v) is 4.02. The first-order valence-electron chi connectivity index (χ1n) is 5.61. The van der Waals surface area contributed by atoms with Gasteiger partial charge in [0.1, 0.15) is 11.2 Å². The molecule has 0 radical (unpaired) electrons. The van der Waals surface area contributed by atoms with E-state index in [0.29, 0.717) is 12.2 Å². The van der Waals surface area contributed by atoms with Gasteiger partial charge in [-0.3, -0.25) is 14.0 Å². The molecule has 19 heavy (non-hydrogen) atoms. The summed E-state index contributed by atoms with van der Waals surface area (Å²) in [6.07, 6.45) is 2.87. The van der Waals surface area contributed by atoms with E-state index in [4.69, 9.17) is 5.73 Å². The zero-order chi connectivity index (χ0) is 13.1. The van der Waals surface area contributed by atoms with E-state index >= 15 is 0 Å². The Morgan fingerprint density at radius 1 is 1.53 bits per heavy atom. The predicted molar refractivity (Wildman–Crippen MR) is 74.7 cm³/mol. The molecule has 2 heterocycles. The fraction of sp³-hybridized carbons (Fsp3) is 0.250. The Labute approximate surface area is 116 Å². The summed E-state index contributed by atoms with van der Waals surface area (Å²) < 4.78 is 1.34. The summed E-state index contributed by atoms with van der Waals surface area (Å²) in [6.45, 7) is 2.08. The lowest BCUT2D eigenvalue weighted by Gasteiger charge is -2.10. The number of hydrogen-bond donors (Lipinski definition) is 2. The summed E-state index contributed by atoms with van der Waals surface area (Å²) >= 11 is 0. The number of nitrogens with two attached hydrogens (primary N) is 1. The van der Waals surface area contributed by atoms with Gasteiger partial charge in [0.05, 0.1) is 0 Å². The summed E-state index contributed by atoms with van der Waals surface area (Å²) in [4.78, 5) is 28.0. The molecule has 0 saturated heterocycles. The third-order valence-corrected chi connectivity index (χ3v) is 2.59. The number of fused-ring (bicyclic) bond motifs is 1. The molecule has 0 aliphatic rings. The molecule has 0 saturated carbocycles. The van der Waals surface area contributed by atoms with E-state index in [-0.39, 0.29) is 29.6 Å². The lowest BCUT2D eigenvalue weighted by molar-refractivity contribution is 0.0939. The topological polar surface area (TPSA) is 89.5 Å². The molecule has 3 N–H and O–H groups in total. The second kappa shape index (κ2) is 6.31. The quantitative estimate of drug-likeness (QED) is 0.841. The Kier molecular flexibility index (Phi) is 5.02. The van der Waals surface area contributed by atoms with E-state index in [1.807, 2.05) is 0 Å². The van der Waals surface area contributed by atoms with Crippen molar-refractivity contribution in [2.24, 2.45) is 5.73 Å². The molecule has 0 aliphatic heterocycles. The molecule has 0 aliphatic carbocycles. The molecule has 0 unspecified atom stereocenters. The number of carbonyl (C=O) groups is 1. The van der Waals surface area contributed by atoms with Crippen molar-refractivity contribution in [1.82, 2.24) is 14.7 Å². The molecule has 0 aromatic carbocycles. The third-order valence-electron chi connectivity index (χ3n) is 2.59. The Morgan fingerprint density at radius 3 is 2.95 bits per heavy atom. The number of rotatable bonds is 3. The Hall–Kier alpha value is -1.92. The van der Waals surface area contributed by atoms with Crippen LogP contribution < -0.4 is 16.6 Å². The van der Waals surface area contributed by atoms with Crippen molar-refractivity contribution in [1.29, 1.82) is 0 Å². The first-order chi connectivity index (χ1) is 8.63. The van der Waals surface area contributed by atoms with Gasteiger partial charge < -0.3 is 11.1 Å². The van der Waals surface area contributed by atoms with Gasteiger partial charge in [-0.2, -0.15) is 0 Å². The molecule has 7 heteroatoms. The van der Waals surface area contributed by atoms with Crippen LogP contribution >= 0.6 is 12.4 Å². The maximum absolute atomic E-state index is 12.1. The van der Waals surface area contributed by atoms with E-state index in [9.17, 15) is 9.59 Å². The van der Waals surface area contributed by atoms with Crippen LogP contribution in [0.4, 0.5) is 0 Å². The maximum atomic E-state index is 12.1. The van der Waals surface area contributed by atoms with Crippen molar-refractivity contribution in [3.05, 3.63) is 46.5 Å². The number of hydrogen-bond acceptors (Lipinski definition) is 4. The van der Waals surface area contributed by atoms with Gasteiger partial charge in [0.15, 0.2) is 0 Å². The average Bonchev–Trinajstić information content (AvgIpc) is 2.39. The number of halogens is 1. The van der Waals surface area contributed by atoms with Crippen LogP contribution in [0.3, 0.4) is 0 Å². The minimum absolute atomic E-state index is 0. The molecule has 0 fully saturated rings. The van der Waals surface area contributed by atoms with Gasteiger partial charge in [-0.25, -0.2) is 4.98 Å². The number of pyridine rings is 1. The molecule has 2 aromatic heterocycles. The largest absolute Gasteiger partial charge is 0.348 e. The van der Waals surface area contributed by atoms with Gasteiger partial charge in [-0.1, -0.05) is 6.07 Å². The fourth-order valence-corrected chi connectivity index (χ4v) is 1.54. The summed E-state index contributed by atoms with van der Waals surface area (Å²) in [5.74, 6) is -0.455. The van der Waals surface area contributed by atoms with E-state index in [2.05, 4.69) is 10.3 Å². The summed E-state index contributed by atoms with van der Waals surface area (Å²) in [5, 5.41) is 2.63. The molecular weight excluding hydrogens is 268 g/mol. The van der Waals surface area contributed by atoms with Gasteiger partial charge in [0.2, 0.25) is 0 Å². The zero-order valence-electron chi connectivity index (χ0n) is 10.4. The molecule has 0 bridgehead atoms. The smallest absolute Gasteiger partial charge is 0.270 e. The zero-order valence-corrected chi connectivity index (χ0v) is 11.2. The Balaban J connectivity index is 0.00000180. The van der Waals surface area contributed by atoms with E-state index < -0.39 is 5.91 Å². The highest BCUT2D eigenvalue weighted by molar-refractivity contribution is 5.93. The third kappa shape index (κ3) is 3.10. The van der Waals surface area contributed by atoms with Crippen LogP contribution in [0, 0.1) is 0 Å². The summed E-state index contributed by atoms with van der Waals surface area (Å²) in [6, 6.07) is 5.00. The highest BCUT2D eigenvalue weighted by atomic mass is 35.5. The molecule has 6 nitrogen and oxygen atoms in total. The number of carbonyl (C=O) groups excluding carboxylic acids is 1. The normalized spacial score (nSPS) is 11.7. The van der Waals surface area contributed by atoms with Crippen LogP contribution in [0.5, 0.6) is 0 Å². The van der Waals surface area contributed by atoms with Crippen LogP contribution in [-0.2, 0) is 0 Å². The van der Waals surface area contributed by atoms with Crippen molar-refractivity contribution in [3.63, 3.8) is 0 Å². The lowest BCUT2D eigenvalue weighted by atomic mass is 10.2. The van der Waals surface area contributed by atoms with Crippen molar-refractivity contribution >= 4 is 24.0 Å². The molecular formula is C12H15ClN4O2. The minimum Gasteiger partial charge on any atom is -0.348 e.